The second-order valence-corrected chi connectivity index (χ2v) is 4.24. The molecule has 1 aromatic rings. The first-order chi connectivity index (χ1) is 7.66. The molecular formula is C12H15F2NO. The molecule has 2 N–H and O–H groups in total. The number of hydrogen-bond donors (Lipinski definition) is 1. The zero-order valence-corrected chi connectivity index (χ0v) is 8.96. The predicted octanol–water partition coefficient (Wildman–Crippen LogP) is 1.87. The normalized spacial score (nSPS) is 25.7. The lowest BCUT2D eigenvalue weighted by Gasteiger charge is -2.28. The Bertz CT molecular complexity index is 370. The van der Waals surface area contributed by atoms with Crippen LogP contribution in [0, 0.1) is 17.6 Å². The van der Waals surface area contributed by atoms with Gasteiger partial charge < -0.3 is 10.5 Å². The minimum atomic E-state index is -0.812. The summed E-state index contributed by atoms with van der Waals surface area (Å²) in [6, 6.07) is 4.07. The van der Waals surface area contributed by atoms with Crippen LogP contribution in [0.1, 0.15) is 12.0 Å². The molecule has 1 saturated heterocycles. The molecule has 88 valence electrons. The molecule has 2 atom stereocenters. The summed E-state index contributed by atoms with van der Waals surface area (Å²) in [6.45, 7) is 1.29. The Morgan fingerprint density at radius 1 is 1.31 bits per heavy atom. The van der Waals surface area contributed by atoms with Crippen LogP contribution >= 0.6 is 0 Å². The van der Waals surface area contributed by atoms with Crippen molar-refractivity contribution in [2.75, 3.05) is 13.2 Å². The van der Waals surface area contributed by atoms with Gasteiger partial charge in [0.15, 0.2) is 11.6 Å². The Labute approximate surface area is 93.4 Å². The SMILES string of the molecule is NC1CCOCC1Cc1ccc(F)c(F)c1. The van der Waals surface area contributed by atoms with Crippen molar-refractivity contribution in [3.05, 3.63) is 35.4 Å². The van der Waals surface area contributed by atoms with Gasteiger partial charge in [0.1, 0.15) is 0 Å². The average molecular weight is 227 g/mol. The summed E-state index contributed by atoms with van der Waals surface area (Å²) in [7, 11) is 0. The molecule has 1 aliphatic rings. The van der Waals surface area contributed by atoms with Crippen molar-refractivity contribution in [2.24, 2.45) is 11.7 Å². The molecule has 1 aliphatic heterocycles. The van der Waals surface area contributed by atoms with Gasteiger partial charge in [-0.05, 0) is 30.5 Å². The van der Waals surface area contributed by atoms with Gasteiger partial charge in [0, 0.05) is 18.6 Å². The third kappa shape index (κ3) is 2.57. The van der Waals surface area contributed by atoms with Crippen LogP contribution in [0.25, 0.3) is 0 Å². The van der Waals surface area contributed by atoms with Gasteiger partial charge in [-0.15, -0.1) is 0 Å². The number of ether oxygens (including phenoxy) is 1. The fourth-order valence-corrected chi connectivity index (χ4v) is 1.99. The Balaban J connectivity index is 2.05. The molecule has 1 fully saturated rings. The average Bonchev–Trinajstić information content (AvgIpc) is 2.27. The van der Waals surface area contributed by atoms with Gasteiger partial charge in [-0.25, -0.2) is 8.78 Å². The van der Waals surface area contributed by atoms with Crippen molar-refractivity contribution >= 4 is 0 Å². The van der Waals surface area contributed by atoms with Gasteiger partial charge in [-0.2, -0.15) is 0 Å². The van der Waals surface area contributed by atoms with Gasteiger partial charge in [0.05, 0.1) is 6.61 Å². The highest BCUT2D eigenvalue weighted by atomic mass is 19.2. The molecule has 0 spiro atoms. The maximum absolute atomic E-state index is 13.0. The summed E-state index contributed by atoms with van der Waals surface area (Å²) < 4.78 is 31.1. The molecule has 16 heavy (non-hydrogen) atoms. The van der Waals surface area contributed by atoms with E-state index in [0.717, 1.165) is 18.1 Å². The van der Waals surface area contributed by atoms with Crippen molar-refractivity contribution in [1.82, 2.24) is 0 Å². The van der Waals surface area contributed by atoms with Gasteiger partial charge in [0.25, 0.3) is 0 Å². The van der Waals surface area contributed by atoms with Crippen LogP contribution < -0.4 is 5.73 Å². The standard InChI is InChI=1S/C12H15F2NO/c13-10-2-1-8(6-11(10)14)5-9-7-16-4-3-12(9)15/h1-2,6,9,12H,3-5,7,15H2. The number of nitrogens with two attached hydrogens (primary N) is 1. The molecular weight excluding hydrogens is 212 g/mol. The Morgan fingerprint density at radius 3 is 2.81 bits per heavy atom. The molecule has 0 bridgehead atoms. The van der Waals surface area contributed by atoms with Crippen LogP contribution in [0.5, 0.6) is 0 Å². The predicted molar refractivity (Wildman–Crippen MR) is 57.0 cm³/mol. The second-order valence-electron chi connectivity index (χ2n) is 4.24. The van der Waals surface area contributed by atoms with Crippen LogP contribution in [0.2, 0.25) is 0 Å². The van der Waals surface area contributed by atoms with Crippen molar-refractivity contribution in [1.29, 1.82) is 0 Å². The molecule has 0 aromatic heterocycles. The molecule has 0 aliphatic carbocycles. The topological polar surface area (TPSA) is 35.2 Å². The fourth-order valence-electron chi connectivity index (χ4n) is 1.99. The van der Waals surface area contributed by atoms with Crippen LogP contribution in [-0.4, -0.2) is 19.3 Å². The van der Waals surface area contributed by atoms with Crippen molar-refractivity contribution in [3.8, 4) is 0 Å². The zero-order chi connectivity index (χ0) is 11.5. The maximum atomic E-state index is 13.0. The van der Waals surface area contributed by atoms with E-state index in [1.165, 1.54) is 6.07 Å². The van der Waals surface area contributed by atoms with E-state index in [1.54, 1.807) is 6.07 Å². The summed E-state index contributed by atoms with van der Waals surface area (Å²) in [4.78, 5) is 0. The highest BCUT2D eigenvalue weighted by Crippen LogP contribution is 2.19. The molecule has 2 nitrogen and oxygen atoms in total. The maximum Gasteiger partial charge on any atom is 0.159 e. The van der Waals surface area contributed by atoms with E-state index in [9.17, 15) is 8.78 Å². The van der Waals surface area contributed by atoms with E-state index in [0.29, 0.717) is 19.6 Å². The van der Waals surface area contributed by atoms with E-state index in [4.69, 9.17) is 10.5 Å². The van der Waals surface area contributed by atoms with Gasteiger partial charge in [-0.1, -0.05) is 6.07 Å². The van der Waals surface area contributed by atoms with Gasteiger partial charge >= 0.3 is 0 Å². The molecule has 0 radical (unpaired) electrons. The van der Waals surface area contributed by atoms with Gasteiger partial charge in [0.2, 0.25) is 0 Å². The summed E-state index contributed by atoms with van der Waals surface area (Å²) >= 11 is 0. The molecule has 0 amide bonds. The molecule has 0 saturated carbocycles. The lowest BCUT2D eigenvalue weighted by Crippen LogP contribution is -2.39. The number of benzene rings is 1. The molecule has 4 heteroatoms. The molecule has 2 rings (SSSR count). The third-order valence-corrected chi connectivity index (χ3v) is 3.01. The molecule has 1 aromatic carbocycles. The third-order valence-electron chi connectivity index (χ3n) is 3.01. The highest BCUT2D eigenvalue weighted by Gasteiger charge is 2.22. The van der Waals surface area contributed by atoms with E-state index in [2.05, 4.69) is 0 Å². The lowest BCUT2D eigenvalue weighted by atomic mass is 9.90. The number of rotatable bonds is 2. The summed E-state index contributed by atoms with van der Waals surface area (Å²) in [5.41, 5.74) is 6.72. The second kappa shape index (κ2) is 4.89. The minimum absolute atomic E-state index is 0.0851. The van der Waals surface area contributed by atoms with Crippen LogP contribution in [0.3, 0.4) is 0 Å². The first-order valence-corrected chi connectivity index (χ1v) is 5.44. The van der Waals surface area contributed by atoms with Crippen molar-refractivity contribution < 1.29 is 13.5 Å². The first kappa shape index (κ1) is 11.5. The Hall–Kier alpha value is -1.00. The van der Waals surface area contributed by atoms with Crippen molar-refractivity contribution in [3.63, 3.8) is 0 Å². The summed E-state index contributed by atoms with van der Waals surface area (Å²) in [5.74, 6) is -1.42. The fraction of sp³-hybridized carbons (Fsp3) is 0.500. The first-order valence-electron chi connectivity index (χ1n) is 5.44. The summed E-state index contributed by atoms with van der Waals surface area (Å²) in [5, 5.41) is 0. The van der Waals surface area contributed by atoms with E-state index in [1.807, 2.05) is 0 Å². The zero-order valence-electron chi connectivity index (χ0n) is 8.96. The number of hydrogen-bond acceptors (Lipinski definition) is 2. The largest absolute Gasteiger partial charge is 0.381 e. The smallest absolute Gasteiger partial charge is 0.159 e. The lowest BCUT2D eigenvalue weighted by molar-refractivity contribution is 0.0422. The van der Waals surface area contributed by atoms with Crippen LogP contribution in [-0.2, 0) is 11.2 Å². The summed E-state index contributed by atoms with van der Waals surface area (Å²) in [6.07, 6.45) is 1.46. The van der Waals surface area contributed by atoms with E-state index >= 15 is 0 Å². The van der Waals surface area contributed by atoms with E-state index < -0.39 is 11.6 Å². The van der Waals surface area contributed by atoms with Gasteiger partial charge in [-0.3, -0.25) is 0 Å². The van der Waals surface area contributed by atoms with Crippen LogP contribution in [0.15, 0.2) is 18.2 Å². The number of halogens is 2. The highest BCUT2D eigenvalue weighted by molar-refractivity contribution is 5.18. The quantitative estimate of drug-likeness (QED) is 0.837. The monoisotopic (exact) mass is 227 g/mol. The van der Waals surface area contributed by atoms with Crippen LogP contribution in [0.4, 0.5) is 8.78 Å². The minimum Gasteiger partial charge on any atom is -0.381 e. The molecule has 1 heterocycles. The molecule has 2 unspecified atom stereocenters. The van der Waals surface area contributed by atoms with E-state index in [-0.39, 0.29) is 12.0 Å². The van der Waals surface area contributed by atoms with Crippen molar-refractivity contribution in [2.45, 2.75) is 18.9 Å². The Morgan fingerprint density at radius 2 is 2.12 bits per heavy atom. The Kier molecular flexibility index (Phi) is 3.51.